The number of hydrogen-bond acceptors (Lipinski definition) is 3. The van der Waals surface area contributed by atoms with Gasteiger partial charge in [0.15, 0.2) is 0 Å². The fourth-order valence-electron chi connectivity index (χ4n) is 5.37. The molecule has 0 unspecified atom stereocenters. The standard InChI is InChI=1S/C37H55N3.3ClH/c1-4-18-34(19-5-1)24-10-14-28-38-29-15-13-27-37(32-39-30-16-11-25-35-20-6-2-7-21-35)33-40-31-17-12-26-36-22-8-3-9-23-36;;;/h1-9,18-23,37-40H,10-17,24-33H2;3*1H. The lowest BCUT2D eigenvalue weighted by atomic mass is 10.0. The average molecular weight is 651 g/mol. The molecule has 0 amide bonds. The van der Waals surface area contributed by atoms with E-state index in [1.54, 1.807) is 0 Å². The quantitative estimate of drug-likeness (QED) is 0.0848. The van der Waals surface area contributed by atoms with Crippen molar-refractivity contribution in [1.82, 2.24) is 16.0 Å². The highest BCUT2D eigenvalue weighted by Crippen LogP contribution is 2.09. The summed E-state index contributed by atoms with van der Waals surface area (Å²) in [6.07, 6.45) is 15.0. The van der Waals surface area contributed by atoms with Crippen LogP contribution in [0.5, 0.6) is 0 Å². The van der Waals surface area contributed by atoms with E-state index in [0.717, 1.165) is 39.3 Å². The maximum absolute atomic E-state index is 3.78. The van der Waals surface area contributed by atoms with E-state index in [2.05, 4.69) is 107 Å². The van der Waals surface area contributed by atoms with Gasteiger partial charge in [-0.2, -0.15) is 0 Å². The lowest BCUT2D eigenvalue weighted by Gasteiger charge is -2.19. The molecule has 3 rings (SSSR count). The average Bonchev–Trinajstić information content (AvgIpc) is 3.00. The molecule has 0 fully saturated rings. The molecule has 0 aliphatic carbocycles. The van der Waals surface area contributed by atoms with Gasteiger partial charge in [-0.3, -0.25) is 0 Å². The van der Waals surface area contributed by atoms with Gasteiger partial charge in [0, 0.05) is 0 Å². The van der Waals surface area contributed by atoms with Crippen molar-refractivity contribution in [1.29, 1.82) is 0 Å². The van der Waals surface area contributed by atoms with Gasteiger partial charge in [-0.25, -0.2) is 0 Å². The molecule has 0 saturated carbocycles. The minimum Gasteiger partial charge on any atom is -0.317 e. The van der Waals surface area contributed by atoms with Crippen molar-refractivity contribution in [2.24, 2.45) is 5.92 Å². The summed E-state index contributed by atoms with van der Waals surface area (Å²) in [5.41, 5.74) is 4.38. The number of hydrogen-bond donors (Lipinski definition) is 3. The molecular weight excluding hydrogens is 593 g/mol. The Kier molecular flexibility index (Phi) is 28.1. The molecular formula is C37H58Cl3N3. The highest BCUT2D eigenvalue weighted by molar-refractivity contribution is 5.86. The second-order valence-electron chi connectivity index (χ2n) is 11.3. The zero-order valence-corrected chi connectivity index (χ0v) is 28.6. The van der Waals surface area contributed by atoms with Crippen molar-refractivity contribution in [2.45, 2.75) is 77.0 Å². The fourth-order valence-corrected chi connectivity index (χ4v) is 5.37. The first-order valence-corrected chi connectivity index (χ1v) is 16.1. The molecule has 0 spiro atoms. The number of nitrogens with one attached hydrogen (secondary N) is 3. The predicted molar refractivity (Wildman–Crippen MR) is 196 cm³/mol. The summed E-state index contributed by atoms with van der Waals surface area (Å²) in [7, 11) is 0. The molecule has 6 heteroatoms. The first kappa shape index (κ1) is 41.4. The summed E-state index contributed by atoms with van der Waals surface area (Å²) in [5.74, 6) is 0.717. The maximum Gasteiger partial charge on any atom is -0.000838 e. The lowest BCUT2D eigenvalue weighted by molar-refractivity contribution is 0.396. The minimum atomic E-state index is 0. The zero-order valence-electron chi connectivity index (χ0n) is 26.2. The number of aryl methyl sites for hydroxylation is 3. The predicted octanol–water partition coefficient (Wildman–Crippen LogP) is 8.88. The van der Waals surface area contributed by atoms with Crippen molar-refractivity contribution < 1.29 is 0 Å². The Hall–Kier alpha value is -1.59. The maximum atomic E-state index is 3.78. The van der Waals surface area contributed by atoms with E-state index in [-0.39, 0.29) is 37.2 Å². The Morgan fingerprint density at radius 3 is 1.07 bits per heavy atom. The molecule has 3 aromatic carbocycles. The molecule has 242 valence electrons. The second kappa shape index (κ2) is 29.1. The van der Waals surface area contributed by atoms with Crippen molar-refractivity contribution >= 4 is 37.2 Å². The van der Waals surface area contributed by atoms with E-state index in [9.17, 15) is 0 Å². The molecule has 0 aliphatic rings. The number of unbranched alkanes of at least 4 members (excludes halogenated alkanes) is 4. The van der Waals surface area contributed by atoms with E-state index in [1.165, 1.54) is 93.7 Å². The van der Waals surface area contributed by atoms with Crippen molar-refractivity contribution in [3.8, 4) is 0 Å². The van der Waals surface area contributed by atoms with E-state index in [4.69, 9.17) is 0 Å². The Morgan fingerprint density at radius 2 is 0.698 bits per heavy atom. The monoisotopic (exact) mass is 649 g/mol. The fraction of sp³-hybridized carbons (Fsp3) is 0.514. The molecule has 0 atom stereocenters. The van der Waals surface area contributed by atoms with Gasteiger partial charge in [-0.05, 0) is 133 Å². The molecule has 3 aromatic rings. The number of halogens is 3. The van der Waals surface area contributed by atoms with Gasteiger partial charge in [-0.15, -0.1) is 37.2 Å². The van der Waals surface area contributed by atoms with Gasteiger partial charge in [-0.1, -0.05) is 97.4 Å². The SMILES string of the molecule is Cl.Cl.Cl.c1ccc(CCCCNCCCCC(CNCCCCc2ccccc2)CNCCCCc2ccccc2)cc1. The van der Waals surface area contributed by atoms with Gasteiger partial charge < -0.3 is 16.0 Å². The summed E-state index contributed by atoms with van der Waals surface area (Å²) in [6.45, 7) is 6.82. The van der Waals surface area contributed by atoms with Crippen LogP contribution in [0.4, 0.5) is 0 Å². The van der Waals surface area contributed by atoms with Crippen LogP contribution in [0.15, 0.2) is 91.0 Å². The first-order chi connectivity index (χ1) is 19.9. The van der Waals surface area contributed by atoms with Gasteiger partial charge in [0.25, 0.3) is 0 Å². The molecule has 0 aromatic heterocycles. The van der Waals surface area contributed by atoms with Crippen LogP contribution in [0, 0.1) is 5.92 Å². The third kappa shape index (κ3) is 21.7. The Labute approximate surface area is 282 Å². The summed E-state index contributed by atoms with van der Waals surface area (Å²) >= 11 is 0. The topological polar surface area (TPSA) is 36.1 Å². The molecule has 0 radical (unpaired) electrons. The van der Waals surface area contributed by atoms with E-state index in [1.807, 2.05) is 0 Å². The van der Waals surface area contributed by atoms with Crippen LogP contribution < -0.4 is 16.0 Å². The summed E-state index contributed by atoms with van der Waals surface area (Å²) < 4.78 is 0. The first-order valence-electron chi connectivity index (χ1n) is 16.1. The summed E-state index contributed by atoms with van der Waals surface area (Å²) in [4.78, 5) is 0. The number of rotatable bonds is 24. The largest absolute Gasteiger partial charge is 0.317 e. The van der Waals surface area contributed by atoms with E-state index >= 15 is 0 Å². The van der Waals surface area contributed by atoms with Crippen LogP contribution in [-0.2, 0) is 19.3 Å². The van der Waals surface area contributed by atoms with E-state index in [0.29, 0.717) is 5.92 Å². The van der Waals surface area contributed by atoms with Gasteiger partial charge in [0.05, 0.1) is 0 Å². The van der Waals surface area contributed by atoms with Crippen LogP contribution >= 0.6 is 37.2 Å². The molecule has 0 saturated heterocycles. The van der Waals surface area contributed by atoms with Crippen LogP contribution in [0.3, 0.4) is 0 Å². The highest BCUT2D eigenvalue weighted by Gasteiger charge is 2.08. The smallest absolute Gasteiger partial charge is 0.000838 e. The molecule has 0 heterocycles. The summed E-state index contributed by atoms with van der Waals surface area (Å²) in [6, 6.07) is 32.6. The highest BCUT2D eigenvalue weighted by atomic mass is 35.5. The second-order valence-corrected chi connectivity index (χ2v) is 11.3. The van der Waals surface area contributed by atoms with Crippen LogP contribution in [0.1, 0.15) is 74.5 Å². The van der Waals surface area contributed by atoms with Crippen molar-refractivity contribution in [2.75, 3.05) is 39.3 Å². The van der Waals surface area contributed by atoms with Crippen LogP contribution in [-0.4, -0.2) is 39.3 Å². The van der Waals surface area contributed by atoms with Gasteiger partial charge >= 0.3 is 0 Å². The minimum absolute atomic E-state index is 0. The molecule has 43 heavy (non-hydrogen) atoms. The zero-order chi connectivity index (χ0) is 27.8. The van der Waals surface area contributed by atoms with Gasteiger partial charge in [0.1, 0.15) is 0 Å². The molecule has 0 aliphatic heterocycles. The van der Waals surface area contributed by atoms with Crippen LogP contribution in [0.25, 0.3) is 0 Å². The third-order valence-electron chi connectivity index (χ3n) is 7.82. The Morgan fingerprint density at radius 1 is 0.372 bits per heavy atom. The number of benzene rings is 3. The molecule has 0 bridgehead atoms. The van der Waals surface area contributed by atoms with Gasteiger partial charge in [0.2, 0.25) is 0 Å². The molecule has 3 nitrogen and oxygen atoms in total. The van der Waals surface area contributed by atoms with Crippen LogP contribution in [0.2, 0.25) is 0 Å². The summed E-state index contributed by atoms with van der Waals surface area (Å²) in [5, 5.41) is 11.2. The normalized spacial score (nSPS) is 10.5. The van der Waals surface area contributed by atoms with E-state index < -0.39 is 0 Å². The Bertz CT molecular complexity index is 909. The lowest BCUT2D eigenvalue weighted by Crippen LogP contribution is -2.32. The van der Waals surface area contributed by atoms with Crippen molar-refractivity contribution in [3.63, 3.8) is 0 Å². The third-order valence-corrected chi connectivity index (χ3v) is 7.82. The van der Waals surface area contributed by atoms with Crippen molar-refractivity contribution in [3.05, 3.63) is 108 Å². The Balaban J connectivity index is 0.00000588. The molecule has 3 N–H and O–H groups in total.